The Bertz CT molecular complexity index is 815. The molecule has 0 bridgehead atoms. The first-order valence-corrected chi connectivity index (χ1v) is 8.31. The van der Waals surface area contributed by atoms with Crippen LogP contribution in [0.4, 0.5) is 5.13 Å². The SMILES string of the molecule is O=C(CN/N=C/c1ccccc1)Nc1nc(-c2ccccc2)cs1. The van der Waals surface area contributed by atoms with Crippen LogP contribution >= 0.6 is 11.3 Å². The number of carbonyl (C=O) groups is 1. The molecule has 0 aliphatic carbocycles. The number of thiazole rings is 1. The second-order valence-corrected chi connectivity index (χ2v) is 5.81. The van der Waals surface area contributed by atoms with Crippen molar-refractivity contribution in [1.82, 2.24) is 10.4 Å². The van der Waals surface area contributed by atoms with Gasteiger partial charge in [-0.1, -0.05) is 60.7 Å². The Labute approximate surface area is 144 Å². The third-order valence-electron chi connectivity index (χ3n) is 3.16. The van der Waals surface area contributed by atoms with Crippen LogP contribution in [0.5, 0.6) is 0 Å². The van der Waals surface area contributed by atoms with Crippen molar-refractivity contribution in [1.29, 1.82) is 0 Å². The molecule has 24 heavy (non-hydrogen) atoms. The second-order valence-electron chi connectivity index (χ2n) is 4.96. The van der Waals surface area contributed by atoms with Gasteiger partial charge in [-0.25, -0.2) is 4.98 Å². The molecule has 2 N–H and O–H groups in total. The fraction of sp³-hybridized carbons (Fsp3) is 0.0556. The van der Waals surface area contributed by atoms with E-state index in [-0.39, 0.29) is 12.5 Å². The zero-order chi connectivity index (χ0) is 16.6. The Balaban J connectivity index is 1.49. The first kappa shape index (κ1) is 15.9. The third-order valence-corrected chi connectivity index (χ3v) is 3.92. The molecule has 0 unspecified atom stereocenters. The van der Waals surface area contributed by atoms with E-state index < -0.39 is 0 Å². The van der Waals surface area contributed by atoms with E-state index in [0.717, 1.165) is 16.8 Å². The molecular formula is C18H16N4OS. The Hall–Kier alpha value is -2.99. The highest BCUT2D eigenvalue weighted by atomic mass is 32.1. The van der Waals surface area contributed by atoms with E-state index >= 15 is 0 Å². The van der Waals surface area contributed by atoms with E-state index in [4.69, 9.17) is 0 Å². The smallest absolute Gasteiger partial charge is 0.247 e. The third kappa shape index (κ3) is 4.50. The first-order valence-electron chi connectivity index (χ1n) is 7.43. The summed E-state index contributed by atoms with van der Waals surface area (Å²) in [6.45, 7) is 0.0869. The van der Waals surface area contributed by atoms with Crippen LogP contribution in [0.3, 0.4) is 0 Å². The van der Waals surface area contributed by atoms with Gasteiger partial charge in [0.2, 0.25) is 5.91 Å². The lowest BCUT2D eigenvalue weighted by Gasteiger charge is -2.01. The van der Waals surface area contributed by atoms with E-state index in [1.165, 1.54) is 11.3 Å². The van der Waals surface area contributed by atoms with Crippen LogP contribution in [0.15, 0.2) is 71.1 Å². The molecule has 0 aliphatic heterocycles. The molecule has 0 aliphatic rings. The lowest BCUT2D eigenvalue weighted by molar-refractivity contribution is -0.115. The quantitative estimate of drug-likeness (QED) is 0.536. The van der Waals surface area contributed by atoms with Crippen LogP contribution in [0, 0.1) is 0 Å². The largest absolute Gasteiger partial charge is 0.301 e. The van der Waals surface area contributed by atoms with Crippen molar-refractivity contribution in [3.05, 3.63) is 71.6 Å². The summed E-state index contributed by atoms with van der Waals surface area (Å²) in [6, 6.07) is 19.5. The van der Waals surface area contributed by atoms with E-state index in [1.807, 2.05) is 66.0 Å². The van der Waals surface area contributed by atoms with E-state index in [9.17, 15) is 4.79 Å². The van der Waals surface area contributed by atoms with E-state index in [0.29, 0.717) is 5.13 Å². The molecule has 0 saturated carbocycles. The highest BCUT2D eigenvalue weighted by Crippen LogP contribution is 2.24. The number of hydrazone groups is 1. The van der Waals surface area contributed by atoms with Crippen molar-refractivity contribution in [2.24, 2.45) is 5.10 Å². The zero-order valence-electron chi connectivity index (χ0n) is 12.8. The Kier molecular flexibility index (Phi) is 5.32. The molecular weight excluding hydrogens is 320 g/mol. The summed E-state index contributed by atoms with van der Waals surface area (Å²) in [4.78, 5) is 16.3. The maximum atomic E-state index is 11.9. The lowest BCUT2D eigenvalue weighted by atomic mass is 10.2. The van der Waals surface area contributed by atoms with Gasteiger partial charge < -0.3 is 10.7 Å². The Morgan fingerprint density at radius 2 is 1.79 bits per heavy atom. The highest BCUT2D eigenvalue weighted by molar-refractivity contribution is 7.14. The normalized spacial score (nSPS) is 10.7. The monoisotopic (exact) mass is 336 g/mol. The summed E-state index contributed by atoms with van der Waals surface area (Å²) >= 11 is 1.40. The molecule has 1 amide bonds. The molecule has 0 saturated heterocycles. The average Bonchev–Trinajstić information content (AvgIpc) is 3.09. The second kappa shape index (κ2) is 8.03. The number of hydrogen-bond donors (Lipinski definition) is 2. The van der Waals surface area contributed by atoms with Crippen molar-refractivity contribution in [2.45, 2.75) is 0 Å². The minimum atomic E-state index is -0.186. The number of amides is 1. The van der Waals surface area contributed by atoms with Gasteiger partial charge >= 0.3 is 0 Å². The van der Waals surface area contributed by atoms with Crippen LogP contribution in [0.1, 0.15) is 5.56 Å². The highest BCUT2D eigenvalue weighted by Gasteiger charge is 2.07. The van der Waals surface area contributed by atoms with Crippen molar-refractivity contribution < 1.29 is 4.79 Å². The topological polar surface area (TPSA) is 66.4 Å². The number of aromatic nitrogens is 1. The Morgan fingerprint density at radius 1 is 1.08 bits per heavy atom. The van der Waals surface area contributed by atoms with Crippen molar-refractivity contribution in [2.75, 3.05) is 11.9 Å². The minimum absolute atomic E-state index is 0.0869. The number of nitrogens with zero attached hydrogens (tertiary/aromatic N) is 2. The fourth-order valence-corrected chi connectivity index (χ4v) is 2.75. The summed E-state index contributed by atoms with van der Waals surface area (Å²) in [5, 5.41) is 9.29. The van der Waals surface area contributed by atoms with Gasteiger partial charge in [0, 0.05) is 10.9 Å². The van der Waals surface area contributed by atoms with Gasteiger partial charge in [0.1, 0.15) is 6.54 Å². The van der Waals surface area contributed by atoms with Gasteiger partial charge in [-0.05, 0) is 5.56 Å². The van der Waals surface area contributed by atoms with Gasteiger partial charge in [0.15, 0.2) is 5.13 Å². The fourth-order valence-electron chi connectivity index (χ4n) is 2.01. The molecule has 120 valence electrons. The molecule has 1 heterocycles. The van der Waals surface area contributed by atoms with E-state index in [1.54, 1.807) is 6.21 Å². The van der Waals surface area contributed by atoms with Gasteiger partial charge in [-0.2, -0.15) is 5.10 Å². The van der Waals surface area contributed by atoms with Gasteiger partial charge in [-0.3, -0.25) is 4.79 Å². The molecule has 0 spiro atoms. The Morgan fingerprint density at radius 3 is 2.54 bits per heavy atom. The average molecular weight is 336 g/mol. The number of hydrogen-bond acceptors (Lipinski definition) is 5. The summed E-state index contributed by atoms with van der Waals surface area (Å²) in [5.74, 6) is -0.186. The van der Waals surface area contributed by atoms with Crippen LogP contribution in [-0.4, -0.2) is 23.7 Å². The van der Waals surface area contributed by atoms with Crippen LogP contribution in [-0.2, 0) is 4.79 Å². The molecule has 0 fully saturated rings. The van der Waals surface area contributed by atoms with Crippen LogP contribution in [0.2, 0.25) is 0 Å². The molecule has 5 nitrogen and oxygen atoms in total. The predicted octanol–water partition coefficient (Wildman–Crippen LogP) is 3.37. The van der Waals surface area contributed by atoms with Crippen molar-refractivity contribution >= 4 is 28.6 Å². The molecule has 1 aromatic heterocycles. The maximum absolute atomic E-state index is 11.9. The number of benzene rings is 2. The van der Waals surface area contributed by atoms with Gasteiger partial charge in [0.05, 0.1) is 11.9 Å². The predicted molar refractivity (Wildman–Crippen MR) is 98.2 cm³/mol. The minimum Gasteiger partial charge on any atom is -0.301 e. The van der Waals surface area contributed by atoms with Crippen molar-refractivity contribution in [3.63, 3.8) is 0 Å². The number of nitrogens with one attached hydrogen (secondary N) is 2. The number of carbonyl (C=O) groups excluding carboxylic acids is 1. The number of anilines is 1. The van der Waals surface area contributed by atoms with Gasteiger partial charge in [-0.15, -0.1) is 11.3 Å². The number of rotatable bonds is 6. The maximum Gasteiger partial charge on any atom is 0.247 e. The van der Waals surface area contributed by atoms with Crippen molar-refractivity contribution in [3.8, 4) is 11.3 Å². The molecule has 2 aromatic carbocycles. The van der Waals surface area contributed by atoms with Crippen LogP contribution < -0.4 is 10.7 Å². The van der Waals surface area contributed by atoms with Crippen LogP contribution in [0.25, 0.3) is 11.3 Å². The van der Waals surface area contributed by atoms with E-state index in [2.05, 4.69) is 20.8 Å². The molecule has 3 rings (SSSR count). The zero-order valence-corrected chi connectivity index (χ0v) is 13.7. The summed E-state index contributed by atoms with van der Waals surface area (Å²) in [7, 11) is 0. The summed E-state index contributed by atoms with van der Waals surface area (Å²) < 4.78 is 0. The van der Waals surface area contributed by atoms with Gasteiger partial charge in [0.25, 0.3) is 0 Å². The molecule has 0 radical (unpaired) electrons. The summed E-state index contributed by atoms with van der Waals surface area (Å²) in [6.07, 6.45) is 1.67. The molecule has 0 atom stereocenters. The molecule has 6 heteroatoms. The molecule has 3 aromatic rings. The first-order chi connectivity index (χ1) is 11.8. The summed E-state index contributed by atoms with van der Waals surface area (Å²) in [5.41, 5.74) is 5.58. The standard InChI is InChI=1S/C18H16N4OS/c23-17(12-20-19-11-14-7-3-1-4-8-14)22-18-21-16(13-24-18)15-9-5-2-6-10-15/h1-11,13,20H,12H2,(H,21,22,23)/b19-11+. The lowest BCUT2D eigenvalue weighted by Crippen LogP contribution is -2.24.